The number of fused-ring (bicyclic) bond motifs is 1. The monoisotopic (exact) mass is 290 g/mol. The second-order valence-corrected chi connectivity index (χ2v) is 7.69. The Balaban J connectivity index is 1.73. The number of nitrogens with one attached hydrogen (secondary N) is 1. The Bertz CT molecular complexity index is 565. The highest BCUT2D eigenvalue weighted by Crippen LogP contribution is 2.43. The molecule has 2 aromatic rings. The molecule has 0 spiro atoms. The molecule has 2 atom stereocenters. The minimum absolute atomic E-state index is 0.483. The van der Waals surface area contributed by atoms with Crippen LogP contribution >= 0.6 is 23.1 Å². The van der Waals surface area contributed by atoms with Gasteiger partial charge in [-0.05, 0) is 47.5 Å². The van der Waals surface area contributed by atoms with Crippen molar-refractivity contribution in [1.29, 1.82) is 0 Å². The molecule has 0 radical (unpaired) electrons. The van der Waals surface area contributed by atoms with Crippen molar-refractivity contribution in [3.8, 4) is 0 Å². The number of rotatable bonds is 3. The van der Waals surface area contributed by atoms with Crippen LogP contribution in [0.15, 0.2) is 34.1 Å². The summed E-state index contributed by atoms with van der Waals surface area (Å²) in [5, 5.41) is 6.61. The maximum Gasteiger partial charge on any atom is 0.0649 e. The summed E-state index contributed by atoms with van der Waals surface area (Å²) < 4.78 is 1.49. The first-order chi connectivity index (χ1) is 9.24. The first-order valence-electron chi connectivity index (χ1n) is 6.61. The summed E-state index contributed by atoms with van der Waals surface area (Å²) >= 11 is 3.88. The van der Waals surface area contributed by atoms with E-state index in [9.17, 15) is 0 Å². The fourth-order valence-corrected chi connectivity index (χ4v) is 5.02. The van der Waals surface area contributed by atoms with Gasteiger partial charge in [-0.15, -0.1) is 23.1 Å². The van der Waals surface area contributed by atoms with Crippen molar-refractivity contribution in [3.63, 3.8) is 0 Å². The van der Waals surface area contributed by atoms with Crippen LogP contribution in [0.2, 0.25) is 0 Å². The summed E-state index contributed by atoms with van der Waals surface area (Å²) in [6.07, 6.45) is 5.03. The summed E-state index contributed by atoms with van der Waals surface area (Å²) in [6, 6.07) is 4.83. The van der Waals surface area contributed by atoms with Crippen LogP contribution in [-0.4, -0.2) is 10.2 Å². The van der Waals surface area contributed by atoms with E-state index in [2.05, 4.69) is 41.7 Å². The van der Waals surface area contributed by atoms with Gasteiger partial charge in [-0.3, -0.25) is 4.98 Å². The van der Waals surface area contributed by atoms with Crippen molar-refractivity contribution in [1.82, 2.24) is 10.3 Å². The van der Waals surface area contributed by atoms with Crippen LogP contribution in [0, 0.1) is 6.92 Å². The molecule has 3 heterocycles. The van der Waals surface area contributed by atoms with E-state index in [-0.39, 0.29) is 0 Å². The Labute approximate surface area is 122 Å². The topological polar surface area (TPSA) is 24.9 Å². The highest BCUT2D eigenvalue weighted by atomic mass is 32.2. The molecule has 4 heteroatoms. The van der Waals surface area contributed by atoms with Crippen LogP contribution < -0.4 is 5.32 Å². The number of hydrogen-bond acceptors (Lipinski definition) is 4. The van der Waals surface area contributed by atoms with E-state index in [0.29, 0.717) is 11.3 Å². The largest absolute Gasteiger partial charge is 0.306 e. The lowest BCUT2D eigenvalue weighted by Crippen LogP contribution is -2.26. The van der Waals surface area contributed by atoms with Crippen LogP contribution in [0.1, 0.15) is 36.1 Å². The van der Waals surface area contributed by atoms with Gasteiger partial charge in [-0.1, -0.05) is 6.92 Å². The number of nitrogens with zero attached hydrogens (tertiary/aromatic N) is 1. The van der Waals surface area contributed by atoms with E-state index in [1.165, 1.54) is 27.3 Å². The van der Waals surface area contributed by atoms with Gasteiger partial charge in [0.1, 0.15) is 0 Å². The van der Waals surface area contributed by atoms with E-state index in [0.717, 1.165) is 6.54 Å². The van der Waals surface area contributed by atoms with Gasteiger partial charge in [0.2, 0.25) is 0 Å². The first kappa shape index (κ1) is 13.2. The van der Waals surface area contributed by atoms with Crippen LogP contribution in [-0.2, 0) is 6.54 Å². The molecule has 0 saturated heterocycles. The fraction of sp³-hybridized carbons (Fsp3) is 0.400. The standard InChI is InChI=1S/C15H18N2S2/c1-10-3-5-16-8-12(10)9-17-14-7-11(2)19-15-13(14)4-6-18-15/h3-6,8,11,14,17H,7,9H2,1-2H3/t11-,14?/m0/s1. The Morgan fingerprint density at radius 2 is 2.32 bits per heavy atom. The summed E-state index contributed by atoms with van der Waals surface area (Å²) in [7, 11) is 0. The molecule has 1 unspecified atom stereocenters. The summed E-state index contributed by atoms with van der Waals surface area (Å²) in [5.74, 6) is 0. The van der Waals surface area contributed by atoms with Crippen molar-refractivity contribution >= 4 is 23.1 Å². The van der Waals surface area contributed by atoms with Gasteiger partial charge in [-0.25, -0.2) is 0 Å². The Morgan fingerprint density at radius 3 is 3.16 bits per heavy atom. The van der Waals surface area contributed by atoms with Crippen molar-refractivity contribution in [2.75, 3.05) is 0 Å². The molecule has 1 N–H and O–H groups in total. The molecule has 3 rings (SSSR count). The predicted octanol–water partition coefficient (Wildman–Crippen LogP) is 4.17. The summed E-state index contributed by atoms with van der Waals surface area (Å²) in [6.45, 7) is 5.36. The molecule has 1 aliphatic heterocycles. The van der Waals surface area contributed by atoms with E-state index < -0.39 is 0 Å². The lowest BCUT2D eigenvalue weighted by atomic mass is 10.0. The molecule has 0 saturated carbocycles. The van der Waals surface area contributed by atoms with Crippen LogP contribution in [0.3, 0.4) is 0 Å². The molecule has 2 aromatic heterocycles. The second-order valence-electron chi connectivity index (χ2n) is 5.06. The van der Waals surface area contributed by atoms with Gasteiger partial charge in [-0.2, -0.15) is 0 Å². The molecular weight excluding hydrogens is 272 g/mol. The molecule has 0 amide bonds. The van der Waals surface area contributed by atoms with Crippen LogP contribution in [0.5, 0.6) is 0 Å². The zero-order chi connectivity index (χ0) is 13.2. The summed E-state index contributed by atoms with van der Waals surface area (Å²) in [5.41, 5.74) is 4.09. The van der Waals surface area contributed by atoms with Crippen molar-refractivity contribution in [2.45, 2.75) is 42.3 Å². The molecule has 1 aliphatic rings. The SMILES string of the molecule is Cc1ccncc1CNC1C[C@H](C)Sc2sccc21. The minimum atomic E-state index is 0.483. The van der Waals surface area contributed by atoms with E-state index in [4.69, 9.17) is 0 Å². The van der Waals surface area contributed by atoms with Crippen LogP contribution in [0.25, 0.3) is 0 Å². The smallest absolute Gasteiger partial charge is 0.0649 e. The minimum Gasteiger partial charge on any atom is -0.306 e. The third kappa shape index (κ3) is 2.86. The number of hydrogen-bond donors (Lipinski definition) is 1. The average molecular weight is 290 g/mol. The number of pyridine rings is 1. The van der Waals surface area contributed by atoms with E-state index in [1.54, 1.807) is 0 Å². The maximum absolute atomic E-state index is 4.22. The molecule has 100 valence electrons. The zero-order valence-corrected chi connectivity index (χ0v) is 12.9. The summed E-state index contributed by atoms with van der Waals surface area (Å²) in [4.78, 5) is 4.22. The predicted molar refractivity (Wildman–Crippen MR) is 82.8 cm³/mol. The fourth-order valence-electron chi connectivity index (χ4n) is 2.46. The highest BCUT2D eigenvalue weighted by Gasteiger charge is 2.25. The van der Waals surface area contributed by atoms with Crippen molar-refractivity contribution in [3.05, 3.63) is 46.6 Å². The highest BCUT2D eigenvalue weighted by molar-refractivity contribution is 8.01. The molecule has 0 fully saturated rings. The van der Waals surface area contributed by atoms with Crippen LogP contribution in [0.4, 0.5) is 0 Å². The number of thiophene rings is 1. The lowest BCUT2D eigenvalue weighted by molar-refractivity contribution is 0.487. The van der Waals surface area contributed by atoms with Gasteiger partial charge in [0, 0.05) is 30.2 Å². The van der Waals surface area contributed by atoms with E-state index >= 15 is 0 Å². The van der Waals surface area contributed by atoms with Gasteiger partial charge in [0.25, 0.3) is 0 Å². The number of thioether (sulfide) groups is 1. The Hall–Kier alpha value is -0.840. The van der Waals surface area contributed by atoms with Gasteiger partial charge in [0.05, 0.1) is 4.21 Å². The van der Waals surface area contributed by atoms with E-state index in [1.807, 2.05) is 35.5 Å². The Morgan fingerprint density at radius 1 is 1.42 bits per heavy atom. The molecule has 0 aromatic carbocycles. The number of aromatic nitrogens is 1. The molecule has 0 bridgehead atoms. The quantitative estimate of drug-likeness (QED) is 0.918. The van der Waals surface area contributed by atoms with Crippen molar-refractivity contribution in [2.24, 2.45) is 0 Å². The van der Waals surface area contributed by atoms with Gasteiger partial charge < -0.3 is 5.32 Å². The third-order valence-electron chi connectivity index (χ3n) is 3.60. The molecule has 19 heavy (non-hydrogen) atoms. The molecule has 2 nitrogen and oxygen atoms in total. The second kappa shape index (κ2) is 5.65. The molecule has 0 aliphatic carbocycles. The first-order valence-corrected chi connectivity index (χ1v) is 8.37. The normalized spacial score (nSPS) is 22.2. The third-order valence-corrected chi connectivity index (χ3v) is 5.94. The zero-order valence-electron chi connectivity index (χ0n) is 11.2. The lowest BCUT2D eigenvalue weighted by Gasteiger charge is -2.27. The average Bonchev–Trinajstić information content (AvgIpc) is 2.85. The van der Waals surface area contributed by atoms with Gasteiger partial charge in [0.15, 0.2) is 0 Å². The van der Waals surface area contributed by atoms with Gasteiger partial charge >= 0.3 is 0 Å². The van der Waals surface area contributed by atoms with Crippen molar-refractivity contribution < 1.29 is 0 Å². The number of aryl methyl sites for hydroxylation is 1. The Kier molecular flexibility index (Phi) is 3.91. The molecular formula is C15H18N2S2. The maximum atomic E-state index is 4.22.